The summed E-state index contributed by atoms with van der Waals surface area (Å²) >= 11 is 3.40. The quantitative estimate of drug-likeness (QED) is 0.925. The third-order valence-electron chi connectivity index (χ3n) is 2.05. The molecular weight excluding hydrogens is 258 g/mol. The zero-order chi connectivity index (χ0) is 10.7. The summed E-state index contributed by atoms with van der Waals surface area (Å²) in [4.78, 5) is 0. The summed E-state index contributed by atoms with van der Waals surface area (Å²) in [6.45, 7) is 3.74. The van der Waals surface area contributed by atoms with Gasteiger partial charge in [-0.3, -0.25) is 0 Å². The van der Waals surface area contributed by atoms with Crippen molar-refractivity contribution in [2.24, 2.45) is 0 Å². The Hall–Kier alpha value is -1.000. The first-order valence-electron chi connectivity index (χ1n) is 4.84. The zero-order valence-electron chi connectivity index (χ0n) is 8.42. The summed E-state index contributed by atoms with van der Waals surface area (Å²) in [5.41, 5.74) is 0. The highest BCUT2D eigenvalue weighted by atomic mass is 79.9. The van der Waals surface area contributed by atoms with Crippen molar-refractivity contribution in [1.82, 2.24) is 5.32 Å². The lowest BCUT2D eigenvalue weighted by Crippen LogP contribution is -2.10. The maximum Gasteiger partial charge on any atom is 0.183 e. The standard InChI is InChI=1S/C11H12BrNO2/c1-2-13-7-8-3-4-10(15-8)11-9(12)5-6-14-11/h3-6,13H,2,7H2,1H3. The van der Waals surface area contributed by atoms with Crippen LogP contribution in [0.5, 0.6) is 0 Å². The molecule has 0 spiro atoms. The van der Waals surface area contributed by atoms with E-state index in [1.54, 1.807) is 6.26 Å². The molecule has 0 atom stereocenters. The Kier molecular flexibility index (Phi) is 3.28. The van der Waals surface area contributed by atoms with E-state index in [2.05, 4.69) is 28.2 Å². The van der Waals surface area contributed by atoms with Gasteiger partial charge >= 0.3 is 0 Å². The molecule has 2 heterocycles. The van der Waals surface area contributed by atoms with Gasteiger partial charge in [-0.05, 0) is 40.7 Å². The van der Waals surface area contributed by atoms with Crippen LogP contribution >= 0.6 is 15.9 Å². The molecular formula is C11H12BrNO2. The van der Waals surface area contributed by atoms with Crippen LogP contribution in [0.1, 0.15) is 12.7 Å². The summed E-state index contributed by atoms with van der Waals surface area (Å²) in [5.74, 6) is 2.40. The fraction of sp³-hybridized carbons (Fsp3) is 0.273. The van der Waals surface area contributed by atoms with Crippen LogP contribution in [0.3, 0.4) is 0 Å². The fourth-order valence-electron chi connectivity index (χ4n) is 1.31. The molecule has 0 aromatic carbocycles. The highest BCUT2D eigenvalue weighted by molar-refractivity contribution is 9.10. The average molecular weight is 270 g/mol. The summed E-state index contributed by atoms with van der Waals surface area (Å²) in [6.07, 6.45) is 1.63. The molecule has 2 rings (SSSR count). The zero-order valence-corrected chi connectivity index (χ0v) is 10.0. The van der Waals surface area contributed by atoms with Gasteiger partial charge in [0.2, 0.25) is 0 Å². The Morgan fingerprint density at radius 3 is 2.87 bits per heavy atom. The van der Waals surface area contributed by atoms with Gasteiger partial charge in [0.05, 0.1) is 17.3 Å². The molecule has 0 saturated heterocycles. The molecule has 0 fully saturated rings. The van der Waals surface area contributed by atoms with Crippen molar-refractivity contribution in [3.8, 4) is 11.5 Å². The van der Waals surface area contributed by atoms with Crippen molar-refractivity contribution in [2.45, 2.75) is 13.5 Å². The first kappa shape index (κ1) is 10.5. The van der Waals surface area contributed by atoms with Gasteiger partial charge in [0, 0.05) is 0 Å². The van der Waals surface area contributed by atoms with Crippen LogP contribution in [0.4, 0.5) is 0 Å². The molecule has 0 bridgehead atoms. The SMILES string of the molecule is CCNCc1ccc(-c2occc2Br)o1. The highest BCUT2D eigenvalue weighted by Gasteiger charge is 2.10. The molecule has 1 N–H and O–H groups in total. The maximum absolute atomic E-state index is 5.62. The first-order valence-corrected chi connectivity index (χ1v) is 5.63. The summed E-state index contributed by atoms with van der Waals surface area (Å²) in [6, 6.07) is 5.71. The molecule has 0 unspecified atom stereocenters. The first-order chi connectivity index (χ1) is 7.31. The number of hydrogen-bond donors (Lipinski definition) is 1. The van der Waals surface area contributed by atoms with E-state index in [1.807, 2.05) is 18.2 Å². The van der Waals surface area contributed by atoms with Crippen LogP contribution in [0.15, 0.2) is 37.8 Å². The van der Waals surface area contributed by atoms with Gasteiger partial charge < -0.3 is 14.2 Å². The Balaban J connectivity index is 2.17. The van der Waals surface area contributed by atoms with Gasteiger partial charge in [0.25, 0.3) is 0 Å². The predicted molar refractivity (Wildman–Crippen MR) is 61.5 cm³/mol. The minimum atomic E-state index is 0.734. The van der Waals surface area contributed by atoms with Gasteiger partial charge in [-0.15, -0.1) is 0 Å². The number of furan rings is 2. The lowest BCUT2D eigenvalue weighted by molar-refractivity contribution is 0.476. The Morgan fingerprint density at radius 1 is 1.33 bits per heavy atom. The van der Waals surface area contributed by atoms with E-state index in [4.69, 9.17) is 8.83 Å². The molecule has 0 aliphatic heterocycles. The topological polar surface area (TPSA) is 38.3 Å². The highest BCUT2D eigenvalue weighted by Crippen LogP contribution is 2.30. The van der Waals surface area contributed by atoms with E-state index in [0.29, 0.717) is 0 Å². The molecule has 80 valence electrons. The molecule has 2 aromatic heterocycles. The molecule has 3 nitrogen and oxygen atoms in total. The van der Waals surface area contributed by atoms with Crippen molar-refractivity contribution in [1.29, 1.82) is 0 Å². The molecule has 4 heteroatoms. The van der Waals surface area contributed by atoms with Gasteiger partial charge in [0.1, 0.15) is 5.76 Å². The predicted octanol–water partition coefficient (Wildman–Crippen LogP) is 3.41. The molecule has 15 heavy (non-hydrogen) atoms. The van der Waals surface area contributed by atoms with Gasteiger partial charge in [0.15, 0.2) is 11.5 Å². The summed E-state index contributed by atoms with van der Waals surface area (Å²) < 4.78 is 11.8. The third kappa shape index (κ3) is 2.33. The third-order valence-corrected chi connectivity index (χ3v) is 2.68. The second-order valence-electron chi connectivity index (χ2n) is 3.14. The molecule has 0 aliphatic carbocycles. The van der Waals surface area contributed by atoms with E-state index in [1.165, 1.54) is 0 Å². The van der Waals surface area contributed by atoms with Crippen LogP contribution < -0.4 is 5.32 Å². The minimum Gasteiger partial charge on any atom is -0.460 e. The van der Waals surface area contributed by atoms with Crippen molar-refractivity contribution in [3.05, 3.63) is 34.7 Å². The van der Waals surface area contributed by atoms with Crippen molar-refractivity contribution >= 4 is 15.9 Å². The minimum absolute atomic E-state index is 0.734. The monoisotopic (exact) mass is 269 g/mol. The molecule has 0 amide bonds. The van der Waals surface area contributed by atoms with Crippen molar-refractivity contribution in [3.63, 3.8) is 0 Å². The van der Waals surface area contributed by atoms with Crippen molar-refractivity contribution in [2.75, 3.05) is 6.54 Å². The number of rotatable bonds is 4. The molecule has 0 radical (unpaired) electrons. The summed E-state index contributed by atoms with van der Waals surface area (Å²) in [5, 5.41) is 3.20. The molecule has 0 saturated carbocycles. The normalized spacial score (nSPS) is 10.8. The van der Waals surface area contributed by atoms with E-state index in [0.717, 1.165) is 34.8 Å². The lowest BCUT2D eigenvalue weighted by Gasteiger charge is -1.96. The van der Waals surface area contributed by atoms with E-state index in [9.17, 15) is 0 Å². The van der Waals surface area contributed by atoms with Crippen LogP contribution in [0, 0.1) is 0 Å². The van der Waals surface area contributed by atoms with Crippen LogP contribution in [0.25, 0.3) is 11.5 Å². The smallest absolute Gasteiger partial charge is 0.183 e. The Morgan fingerprint density at radius 2 is 2.20 bits per heavy atom. The average Bonchev–Trinajstić information content (AvgIpc) is 2.83. The fourth-order valence-corrected chi connectivity index (χ4v) is 1.71. The molecule has 0 aliphatic rings. The van der Waals surface area contributed by atoms with Gasteiger partial charge in [-0.1, -0.05) is 6.92 Å². The largest absolute Gasteiger partial charge is 0.460 e. The van der Waals surface area contributed by atoms with Gasteiger partial charge in [-0.2, -0.15) is 0 Å². The Labute approximate surface area is 96.6 Å². The lowest BCUT2D eigenvalue weighted by atomic mass is 10.3. The second-order valence-corrected chi connectivity index (χ2v) is 4.00. The number of nitrogens with one attached hydrogen (secondary N) is 1. The molecule has 2 aromatic rings. The van der Waals surface area contributed by atoms with Crippen LogP contribution in [-0.4, -0.2) is 6.54 Å². The van der Waals surface area contributed by atoms with E-state index >= 15 is 0 Å². The van der Waals surface area contributed by atoms with Crippen LogP contribution in [0.2, 0.25) is 0 Å². The maximum atomic E-state index is 5.62. The summed E-state index contributed by atoms with van der Waals surface area (Å²) in [7, 11) is 0. The van der Waals surface area contributed by atoms with Crippen molar-refractivity contribution < 1.29 is 8.83 Å². The Bertz CT molecular complexity index is 433. The van der Waals surface area contributed by atoms with E-state index in [-0.39, 0.29) is 0 Å². The van der Waals surface area contributed by atoms with Gasteiger partial charge in [-0.25, -0.2) is 0 Å². The number of halogens is 1. The van der Waals surface area contributed by atoms with Crippen LogP contribution in [-0.2, 0) is 6.54 Å². The second kappa shape index (κ2) is 4.68. The number of hydrogen-bond acceptors (Lipinski definition) is 3. The van der Waals surface area contributed by atoms with E-state index < -0.39 is 0 Å².